The quantitative estimate of drug-likeness (QED) is 0.715. The molecule has 0 bridgehead atoms. The van der Waals surface area contributed by atoms with Crippen molar-refractivity contribution >= 4 is 0 Å². The second-order valence-electron chi connectivity index (χ2n) is 3.58. The fourth-order valence-electron chi connectivity index (χ4n) is 1.54. The molecule has 3 nitrogen and oxygen atoms in total. The van der Waals surface area contributed by atoms with Crippen molar-refractivity contribution in [3.8, 4) is 6.07 Å². The van der Waals surface area contributed by atoms with Crippen molar-refractivity contribution in [3.63, 3.8) is 0 Å². The third-order valence-corrected chi connectivity index (χ3v) is 2.38. The highest BCUT2D eigenvalue weighted by atomic mass is 16.5. The van der Waals surface area contributed by atoms with Crippen molar-refractivity contribution in [2.45, 2.75) is 44.8 Å². The fourth-order valence-corrected chi connectivity index (χ4v) is 1.54. The lowest BCUT2D eigenvalue weighted by Crippen LogP contribution is -2.29. The summed E-state index contributed by atoms with van der Waals surface area (Å²) < 4.78 is 5.57. The zero-order valence-corrected chi connectivity index (χ0v) is 8.25. The standard InChI is InChI=1S/C10H18N2O/c1-9(8-11)12-6-5-10-4-2-3-7-13-10/h9-10,12H,2-7H2,1H3. The first kappa shape index (κ1) is 10.5. The van der Waals surface area contributed by atoms with Crippen LogP contribution in [-0.2, 0) is 4.74 Å². The van der Waals surface area contributed by atoms with E-state index in [-0.39, 0.29) is 6.04 Å². The highest BCUT2D eigenvalue weighted by Gasteiger charge is 2.13. The minimum atomic E-state index is -0.0383. The molecule has 1 aliphatic rings. The van der Waals surface area contributed by atoms with Crippen LogP contribution in [0, 0.1) is 11.3 Å². The molecule has 1 aliphatic heterocycles. The molecule has 1 rings (SSSR count). The predicted octanol–water partition coefficient (Wildman–Crippen LogP) is 1.45. The van der Waals surface area contributed by atoms with Crippen LogP contribution in [0.3, 0.4) is 0 Å². The molecule has 1 N–H and O–H groups in total. The lowest BCUT2D eigenvalue weighted by atomic mass is 10.1. The minimum Gasteiger partial charge on any atom is -0.378 e. The summed E-state index contributed by atoms with van der Waals surface area (Å²) in [5, 5.41) is 11.7. The SMILES string of the molecule is CC(C#N)NCCC1CCCCO1. The predicted molar refractivity (Wildman–Crippen MR) is 51.3 cm³/mol. The highest BCUT2D eigenvalue weighted by Crippen LogP contribution is 2.14. The Hall–Kier alpha value is -0.590. The van der Waals surface area contributed by atoms with Gasteiger partial charge in [0.25, 0.3) is 0 Å². The van der Waals surface area contributed by atoms with Gasteiger partial charge < -0.3 is 10.1 Å². The van der Waals surface area contributed by atoms with E-state index in [1.807, 2.05) is 6.92 Å². The van der Waals surface area contributed by atoms with Gasteiger partial charge in [0, 0.05) is 6.61 Å². The maximum absolute atomic E-state index is 8.53. The molecule has 0 amide bonds. The number of hydrogen-bond donors (Lipinski definition) is 1. The number of rotatable bonds is 4. The van der Waals surface area contributed by atoms with Gasteiger partial charge in [-0.3, -0.25) is 0 Å². The fraction of sp³-hybridized carbons (Fsp3) is 0.900. The molecule has 2 atom stereocenters. The van der Waals surface area contributed by atoms with Crippen LogP contribution in [0.15, 0.2) is 0 Å². The second kappa shape index (κ2) is 5.95. The Morgan fingerprint density at radius 1 is 1.62 bits per heavy atom. The average Bonchev–Trinajstić information content (AvgIpc) is 2.19. The van der Waals surface area contributed by atoms with Crippen LogP contribution in [0.4, 0.5) is 0 Å². The van der Waals surface area contributed by atoms with E-state index >= 15 is 0 Å². The number of ether oxygens (including phenoxy) is 1. The van der Waals surface area contributed by atoms with Gasteiger partial charge in [-0.2, -0.15) is 5.26 Å². The maximum atomic E-state index is 8.53. The van der Waals surface area contributed by atoms with E-state index < -0.39 is 0 Å². The van der Waals surface area contributed by atoms with Gasteiger partial charge in [-0.15, -0.1) is 0 Å². The highest BCUT2D eigenvalue weighted by molar-refractivity contribution is 4.85. The van der Waals surface area contributed by atoms with Gasteiger partial charge >= 0.3 is 0 Å². The molecule has 3 heteroatoms. The minimum absolute atomic E-state index is 0.0383. The number of nitriles is 1. The van der Waals surface area contributed by atoms with Crippen LogP contribution in [0.1, 0.15) is 32.6 Å². The molecule has 13 heavy (non-hydrogen) atoms. The van der Waals surface area contributed by atoms with Crippen molar-refractivity contribution in [1.29, 1.82) is 5.26 Å². The van der Waals surface area contributed by atoms with E-state index in [4.69, 9.17) is 10.00 Å². The molecule has 0 aromatic heterocycles. The van der Waals surface area contributed by atoms with E-state index in [9.17, 15) is 0 Å². The normalized spacial score (nSPS) is 25.1. The van der Waals surface area contributed by atoms with Crippen LogP contribution in [0.2, 0.25) is 0 Å². The van der Waals surface area contributed by atoms with E-state index in [1.165, 1.54) is 19.3 Å². The first-order valence-electron chi connectivity index (χ1n) is 5.07. The Bertz CT molecular complexity index is 170. The zero-order chi connectivity index (χ0) is 9.52. The van der Waals surface area contributed by atoms with Crippen LogP contribution >= 0.6 is 0 Å². The third kappa shape index (κ3) is 4.25. The first-order valence-corrected chi connectivity index (χ1v) is 5.07. The van der Waals surface area contributed by atoms with Crippen LogP contribution in [-0.4, -0.2) is 25.3 Å². The van der Waals surface area contributed by atoms with Crippen molar-refractivity contribution < 1.29 is 4.74 Å². The lowest BCUT2D eigenvalue weighted by Gasteiger charge is -2.22. The van der Waals surface area contributed by atoms with E-state index in [1.54, 1.807) is 0 Å². The summed E-state index contributed by atoms with van der Waals surface area (Å²) in [6.45, 7) is 3.68. The number of hydrogen-bond acceptors (Lipinski definition) is 3. The zero-order valence-electron chi connectivity index (χ0n) is 8.25. The van der Waals surface area contributed by atoms with Crippen molar-refractivity contribution in [3.05, 3.63) is 0 Å². The van der Waals surface area contributed by atoms with Gasteiger partial charge in [-0.1, -0.05) is 0 Å². The molecule has 2 unspecified atom stereocenters. The Morgan fingerprint density at radius 3 is 3.08 bits per heavy atom. The Kier molecular flexibility index (Phi) is 4.81. The van der Waals surface area contributed by atoms with Gasteiger partial charge in [0.05, 0.1) is 18.2 Å². The number of nitrogens with zero attached hydrogens (tertiary/aromatic N) is 1. The monoisotopic (exact) mass is 182 g/mol. The van der Waals surface area contributed by atoms with Crippen LogP contribution in [0.5, 0.6) is 0 Å². The number of nitrogens with one attached hydrogen (secondary N) is 1. The van der Waals surface area contributed by atoms with E-state index in [2.05, 4.69) is 11.4 Å². The smallest absolute Gasteiger partial charge is 0.0924 e. The average molecular weight is 182 g/mol. The topological polar surface area (TPSA) is 45.0 Å². The van der Waals surface area contributed by atoms with Crippen LogP contribution < -0.4 is 5.32 Å². The van der Waals surface area contributed by atoms with Crippen molar-refractivity contribution in [1.82, 2.24) is 5.32 Å². The molecule has 0 aromatic carbocycles. The molecule has 1 saturated heterocycles. The molecule has 1 heterocycles. The lowest BCUT2D eigenvalue weighted by molar-refractivity contribution is 0.0114. The Balaban J connectivity index is 2.02. The molecule has 0 saturated carbocycles. The summed E-state index contributed by atoms with van der Waals surface area (Å²) in [5.41, 5.74) is 0. The van der Waals surface area contributed by atoms with Gasteiger partial charge in [0.15, 0.2) is 0 Å². The van der Waals surface area contributed by atoms with E-state index in [0.717, 1.165) is 19.6 Å². The van der Waals surface area contributed by atoms with E-state index in [0.29, 0.717) is 6.10 Å². The summed E-state index contributed by atoms with van der Waals surface area (Å²) in [7, 11) is 0. The molecule has 0 radical (unpaired) electrons. The largest absolute Gasteiger partial charge is 0.378 e. The summed E-state index contributed by atoms with van der Waals surface area (Å²) in [6.07, 6.45) is 5.14. The summed E-state index contributed by atoms with van der Waals surface area (Å²) in [6, 6.07) is 2.11. The third-order valence-electron chi connectivity index (χ3n) is 2.38. The van der Waals surface area contributed by atoms with Gasteiger partial charge in [-0.05, 0) is 39.2 Å². The molecule has 0 aliphatic carbocycles. The van der Waals surface area contributed by atoms with Crippen molar-refractivity contribution in [2.75, 3.05) is 13.2 Å². The molecule has 0 spiro atoms. The van der Waals surface area contributed by atoms with Gasteiger partial charge in [0.1, 0.15) is 0 Å². The first-order chi connectivity index (χ1) is 6.33. The molecule has 74 valence electrons. The van der Waals surface area contributed by atoms with Crippen molar-refractivity contribution in [2.24, 2.45) is 0 Å². The Labute approximate surface area is 80.1 Å². The second-order valence-corrected chi connectivity index (χ2v) is 3.58. The molecular formula is C10H18N2O. The molecule has 0 aromatic rings. The summed E-state index contributed by atoms with van der Waals surface area (Å²) in [4.78, 5) is 0. The molecule has 1 fully saturated rings. The van der Waals surface area contributed by atoms with Crippen LogP contribution in [0.25, 0.3) is 0 Å². The summed E-state index contributed by atoms with van der Waals surface area (Å²) >= 11 is 0. The van der Waals surface area contributed by atoms with Gasteiger partial charge in [0.2, 0.25) is 0 Å². The summed E-state index contributed by atoms with van der Waals surface area (Å²) in [5.74, 6) is 0. The molecular weight excluding hydrogens is 164 g/mol. The van der Waals surface area contributed by atoms with Gasteiger partial charge in [-0.25, -0.2) is 0 Å². The Morgan fingerprint density at radius 2 is 2.46 bits per heavy atom. The maximum Gasteiger partial charge on any atom is 0.0924 e.